The number of nitrogens with zero attached hydrogens (tertiary/aromatic N) is 5. The van der Waals surface area contributed by atoms with E-state index in [4.69, 9.17) is 0 Å². The molecule has 2 heterocycles. The number of halogens is 1. The summed E-state index contributed by atoms with van der Waals surface area (Å²) >= 11 is 0. The molecule has 1 aliphatic carbocycles. The fourth-order valence-electron chi connectivity index (χ4n) is 4.19. The number of amides is 1. The standard InChI is InChI=1S/C21H30N6O.HI/c1-25(2)20(28)14-22-21(24-17-8-4-5-9-17)26-12-11-18(15-26)27-19-10-6-3-7-16(19)13-23-27;/h3,6-7,10,13,17-18H,4-5,8-9,11-12,14-15H2,1-2H3,(H,22,24);1H. The predicted octanol–water partition coefficient (Wildman–Crippen LogP) is 2.88. The molecule has 4 rings (SSSR count). The van der Waals surface area contributed by atoms with Crippen LogP contribution in [-0.2, 0) is 4.79 Å². The Morgan fingerprint density at radius 2 is 2.00 bits per heavy atom. The van der Waals surface area contributed by atoms with Crippen molar-refractivity contribution in [3.05, 3.63) is 30.5 Å². The van der Waals surface area contributed by atoms with Crippen LogP contribution in [0, 0.1) is 0 Å². The van der Waals surface area contributed by atoms with Gasteiger partial charge in [0.2, 0.25) is 5.91 Å². The van der Waals surface area contributed by atoms with Gasteiger partial charge in [-0.1, -0.05) is 31.0 Å². The lowest BCUT2D eigenvalue weighted by Gasteiger charge is -2.25. The zero-order chi connectivity index (χ0) is 19.5. The number of likely N-dealkylation sites (N-methyl/N-ethyl adjacent to an activating group) is 1. The van der Waals surface area contributed by atoms with Gasteiger partial charge in [-0.2, -0.15) is 5.10 Å². The topological polar surface area (TPSA) is 65.8 Å². The van der Waals surface area contributed by atoms with E-state index in [1.165, 1.54) is 36.6 Å². The number of aromatic nitrogens is 2. The molecule has 2 fully saturated rings. The highest BCUT2D eigenvalue weighted by Gasteiger charge is 2.29. The van der Waals surface area contributed by atoms with Crippen molar-refractivity contribution in [2.24, 2.45) is 4.99 Å². The van der Waals surface area contributed by atoms with E-state index in [9.17, 15) is 4.79 Å². The predicted molar refractivity (Wildman–Crippen MR) is 127 cm³/mol. The van der Waals surface area contributed by atoms with Crippen molar-refractivity contribution in [1.82, 2.24) is 24.9 Å². The number of carbonyl (C=O) groups excluding carboxylic acids is 1. The van der Waals surface area contributed by atoms with Crippen LogP contribution in [0.25, 0.3) is 10.9 Å². The Balaban J connectivity index is 0.00000240. The minimum absolute atomic E-state index is 0. The highest BCUT2D eigenvalue weighted by Crippen LogP contribution is 2.26. The second kappa shape index (κ2) is 9.77. The average molecular weight is 510 g/mol. The summed E-state index contributed by atoms with van der Waals surface area (Å²) in [6.45, 7) is 1.97. The highest BCUT2D eigenvalue weighted by molar-refractivity contribution is 14.0. The monoisotopic (exact) mass is 510 g/mol. The van der Waals surface area contributed by atoms with Crippen LogP contribution in [0.3, 0.4) is 0 Å². The number of fused-ring (bicyclic) bond motifs is 1. The van der Waals surface area contributed by atoms with E-state index in [1.807, 2.05) is 12.3 Å². The van der Waals surface area contributed by atoms with Gasteiger partial charge in [-0.3, -0.25) is 9.48 Å². The van der Waals surface area contributed by atoms with E-state index in [0.29, 0.717) is 12.1 Å². The van der Waals surface area contributed by atoms with Crippen LogP contribution in [0.1, 0.15) is 38.1 Å². The number of guanidine groups is 1. The van der Waals surface area contributed by atoms with Crippen molar-refractivity contribution in [2.45, 2.75) is 44.2 Å². The van der Waals surface area contributed by atoms with E-state index < -0.39 is 0 Å². The van der Waals surface area contributed by atoms with Gasteiger partial charge < -0.3 is 15.1 Å². The first-order valence-corrected chi connectivity index (χ1v) is 10.3. The van der Waals surface area contributed by atoms with Crippen LogP contribution >= 0.6 is 24.0 Å². The number of aliphatic imine (C=N–C) groups is 1. The molecule has 2 aliphatic rings. The minimum Gasteiger partial charge on any atom is -0.353 e. The summed E-state index contributed by atoms with van der Waals surface area (Å²) in [6.07, 6.45) is 7.87. The third-order valence-corrected chi connectivity index (χ3v) is 5.86. The van der Waals surface area contributed by atoms with Crippen molar-refractivity contribution < 1.29 is 4.79 Å². The van der Waals surface area contributed by atoms with Gasteiger partial charge in [0.05, 0.1) is 17.8 Å². The molecule has 1 aromatic carbocycles. The maximum absolute atomic E-state index is 12.1. The van der Waals surface area contributed by atoms with Gasteiger partial charge in [0, 0.05) is 38.6 Å². The fourth-order valence-corrected chi connectivity index (χ4v) is 4.19. The molecular formula is C21H31IN6O. The van der Waals surface area contributed by atoms with Gasteiger partial charge in [0.15, 0.2) is 5.96 Å². The highest BCUT2D eigenvalue weighted by atomic mass is 127. The Hall–Kier alpha value is -1.84. The molecule has 0 radical (unpaired) electrons. The first-order chi connectivity index (χ1) is 13.6. The van der Waals surface area contributed by atoms with Crippen LogP contribution in [0.5, 0.6) is 0 Å². The Bertz CT molecular complexity index is 858. The Morgan fingerprint density at radius 3 is 2.76 bits per heavy atom. The summed E-state index contributed by atoms with van der Waals surface area (Å²) in [7, 11) is 3.55. The number of carbonyl (C=O) groups is 1. The molecule has 0 spiro atoms. The van der Waals surface area contributed by atoms with Crippen molar-refractivity contribution in [3.8, 4) is 0 Å². The summed E-state index contributed by atoms with van der Waals surface area (Å²) in [5, 5.41) is 9.45. The summed E-state index contributed by atoms with van der Waals surface area (Å²) in [5.74, 6) is 0.903. The van der Waals surface area contributed by atoms with E-state index in [1.54, 1.807) is 19.0 Å². The number of hydrogen-bond donors (Lipinski definition) is 1. The Kier molecular flexibility index (Phi) is 7.37. The van der Waals surface area contributed by atoms with Gasteiger partial charge in [-0.15, -0.1) is 24.0 Å². The lowest BCUT2D eigenvalue weighted by atomic mass is 10.2. The van der Waals surface area contributed by atoms with E-state index in [2.05, 4.69) is 43.2 Å². The van der Waals surface area contributed by atoms with Gasteiger partial charge in [0.1, 0.15) is 6.54 Å². The molecule has 1 saturated carbocycles. The lowest BCUT2D eigenvalue weighted by molar-refractivity contribution is -0.127. The number of nitrogens with one attached hydrogen (secondary N) is 1. The fraction of sp³-hybridized carbons (Fsp3) is 0.571. The van der Waals surface area contributed by atoms with E-state index >= 15 is 0 Å². The summed E-state index contributed by atoms with van der Waals surface area (Å²) < 4.78 is 2.15. The molecule has 1 unspecified atom stereocenters. The quantitative estimate of drug-likeness (QED) is 0.391. The van der Waals surface area contributed by atoms with E-state index in [-0.39, 0.29) is 36.4 Å². The Morgan fingerprint density at radius 1 is 1.24 bits per heavy atom. The molecule has 1 N–H and O–H groups in total. The van der Waals surface area contributed by atoms with Crippen molar-refractivity contribution in [2.75, 3.05) is 33.7 Å². The lowest BCUT2D eigenvalue weighted by Crippen LogP contribution is -2.45. The van der Waals surface area contributed by atoms with Gasteiger partial charge in [0.25, 0.3) is 0 Å². The zero-order valence-corrected chi connectivity index (χ0v) is 19.6. The summed E-state index contributed by atoms with van der Waals surface area (Å²) in [6, 6.07) is 9.14. The molecule has 1 amide bonds. The third kappa shape index (κ3) is 5.02. The van der Waals surface area contributed by atoms with Gasteiger partial charge in [-0.05, 0) is 25.3 Å². The number of likely N-dealkylation sites (tertiary alicyclic amines) is 1. The molecule has 158 valence electrons. The van der Waals surface area contributed by atoms with Gasteiger partial charge >= 0.3 is 0 Å². The number of para-hydroxylation sites is 1. The molecule has 1 aromatic heterocycles. The van der Waals surface area contributed by atoms with E-state index in [0.717, 1.165) is 25.5 Å². The molecule has 7 nitrogen and oxygen atoms in total. The summed E-state index contributed by atoms with van der Waals surface area (Å²) in [5.41, 5.74) is 1.18. The van der Waals surface area contributed by atoms with Gasteiger partial charge in [-0.25, -0.2) is 4.99 Å². The summed E-state index contributed by atoms with van der Waals surface area (Å²) in [4.78, 5) is 20.6. The maximum atomic E-state index is 12.1. The first kappa shape index (κ1) is 21.9. The number of rotatable bonds is 4. The smallest absolute Gasteiger partial charge is 0.243 e. The average Bonchev–Trinajstić information content (AvgIpc) is 3.44. The van der Waals surface area contributed by atoms with Crippen LogP contribution in [-0.4, -0.2) is 71.2 Å². The molecule has 2 aromatic rings. The molecule has 8 heteroatoms. The molecule has 29 heavy (non-hydrogen) atoms. The SMILES string of the molecule is CN(C)C(=O)CN=C(NC1CCCC1)N1CCC(n2ncc3ccccc32)C1.I. The van der Waals surface area contributed by atoms with Crippen LogP contribution in [0.4, 0.5) is 0 Å². The Labute approximate surface area is 189 Å². The van der Waals surface area contributed by atoms with Crippen molar-refractivity contribution in [1.29, 1.82) is 0 Å². The number of benzene rings is 1. The number of hydrogen-bond acceptors (Lipinski definition) is 3. The van der Waals surface area contributed by atoms with Crippen molar-refractivity contribution in [3.63, 3.8) is 0 Å². The third-order valence-electron chi connectivity index (χ3n) is 5.86. The molecular weight excluding hydrogens is 479 g/mol. The molecule has 0 bridgehead atoms. The largest absolute Gasteiger partial charge is 0.353 e. The zero-order valence-electron chi connectivity index (χ0n) is 17.3. The second-order valence-corrected chi connectivity index (χ2v) is 8.09. The van der Waals surface area contributed by atoms with Crippen LogP contribution in [0.2, 0.25) is 0 Å². The van der Waals surface area contributed by atoms with Crippen LogP contribution < -0.4 is 5.32 Å². The molecule has 1 saturated heterocycles. The van der Waals surface area contributed by atoms with Crippen molar-refractivity contribution >= 4 is 46.7 Å². The first-order valence-electron chi connectivity index (χ1n) is 10.3. The minimum atomic E-state index is 0. The maximum Gasteiger partial charge on any atom is 0.243 e. The second-order valence-electron chi connectivity index (χ2n) is 8.09. The normalized spacial score (nSPS) is 20.1. The van der Waals surface area contributed by atoms with Crippen LogP contribution in [0.15, 0.2) is 35.5 Å². The molecule has 1 aliphatic heterocycles. The molecule has 1 atom stereocenters.